The summed E-state index contributed by atoms with van der Waals surface area (Å²) in [5.74, 6) is 3.96. The molecule has 0 bridgehead atoms. The van der Waals surface area contributed by atoms with Crippen LogP contribution in [0.25, 0.3) is 0 Å². The molecule has 116 valence electrons. The van der Waals surface area contributed by atoms with Gasteiger partial charge in [-0.05, 0) is 79.6 Å². The Bertz CT molecular complexity index is 494. The van der Waals surface area contributed by atoms with Gasteiger partial charge in [0.15, 0.2) is 5.78 Å². The van der Waals surface area contributed by atoms with Crippen LogP contribution in [-0.4, -0.2) is 17.0 Å². The number of rotatable bonds is 0. The largest absolute Gasteiger partial charge is 0.393 e. The SMILES string of the molecule is CC1CC2=CC(=O)CC[C@H]2[C@H]2CC[C@]3(C)C(O)CC[C@H]3[C@H]12. The molecule has 0 aromatic heterocycles. The van der Waals surface area contributed by atoms with Crippen molar-refractivity contribution in [2.24, 2.45) is 35.0 Å². The lowest BCUT2D eigenvalue weighted by Gasteiger charge is -2.55. The Balaban J connectivity index is 1.68. The molecule has 0 saturated heterocycles. The third-order valence-corrected chi connectivity index (χ3v) is 7.59. The van der Waals surface area contributed by atoms with E-state index < -0.39 is 0 Å². The molecule has 4 aliphatic rings. The first-order chi connectivity index (χ1) is 10.0. The van der Waals surface area contributed by atoms with Crippen LogP contribution in [0.4, 0.5) is 0 Å². The minimum atomic E-state index is -0.0828. The summed E-state index contributed by atoms with van der Waals surface area (Å²) in [7, 11) is 0. The quantitative estimate of drug-likeness (QED) is 0.737. The average molecular weight is 288 g/mol. The maximum Gasteiger partial charge on any atom is 0.155 e. The van der Waals surface area contributed by atoms with E-state index in [0.29, 0.717) is 23.5 Å². The monoisotopic (exact) mass is 288 g/mol. The molecule has 4 aliphatic carbocycles. The Morgan fingerprint density at radius 2 is 2.05 bits per heavy atom. The number of carbonyl (C=O) groups excluding carboxylic acids is 1. The molecule has 0 spiro atoms. The number of carbonyl (C=O) groups is 1. The van der Waals surface area contributed by atoms with Gasteiger partial charge in [-0.15, -0.1) is 0 Å². The van der Waals surface area contributed by atoms with Crippen molar-refractivity contribution < 1.29 is 9.90 Å². The first-order valence-electron chi connectivity index (χ1n) is 8.92. The Morgan fingerprint density at radius 1 is 1.24 bits per heavy atom. The zero-order chi connectivity index (χ0) is 14.8. The summed E-state index contributed by atoms with van der Waals surface area (Å²) >= 11 is 0. The van der Waals surface area contributed by atoms with Gasteiger partial charge in [0.2, 0.25) is 0 Å². The van der Waals surface area contributed by atoms with Gasteiger partial charge in [-0.25, -0.2) is 0 Å². The standard InChI is InChI=1S/C19H28O2/c1-11-9-12-10-13(20)3-4-14(12)15-7-8-19(2)16(18(11)15)5-6-17(19)21/h10-11,14-18,21H,3-9H2,1-2H3/t11?,14-,15-,16+,17?,18-,19+/m1/s1. The third-order valence-electron chi connectivity index (χ3n) is 7.59. The molecule has 0 aromatic carbocycles. The second-order valence-electron chi connectivity index (χ2n) is 8.50. The van der Waals surface area contributed by atoms with Crippen molar-refractivity contribution in [2.75, 3.05) is 0 Å². The van der Waals surface area contributed by atoms with Crippen LogP contribution in [0.5, 0.6) is 0 Å². The van der Waals surface area contributed by atoms with E-state index in [1.54, 1.807) is 0 Å². The summed E-state index contributed by atoms with van der Waals surface area (Å²) in [6.07, 6.45) is 9.54. The summed E-state index contributed by atoms with van der Waals surface area (Å²) in [6.45, 7) is 4.73. The van der Waals surface area contributed by atoms with Crippen molar-refractivity contribution in [3.05, 3.63) is 11.6 Å². The lowest BCUT2D eigenvalue weighted by molar-refractivity contribution is -0.116. The molecule has 0 amide bonds. The number of hydrogen-bond donors (Lipinski definition) is 1. The Morgan fingerprint density at radius 3 is 2.86 bits per heavy atom. The van der Waals surface area contributed by atoms with E-state index >= 15 is 0 Å². The van der Waals surface area contributed by atoms with Crippen molar-refractivity contribution in [3.8, 4) is 0 Å². The fraction of sp³-hybridized carbons (Fsp3) is 0.842. The molecule has 0 aliphatic heterocycles. The van der Waals surface area contributed by atoms with E-state index in [4.69, 9.17) is 0 Å². The van der Waals surface area contributed by atoms with Gasteiger partial charge < -0.3 is 5.11 Å². The average Bonchev–Trinajstić information content (AvgIpc) is 2.74. The molecule has 2 unspecified atom stereocenters. The number of aliphatic hydroxyl groups is 1. The maximum absolute atomic E-state index is 11.8. The fourth-order valence-corrected chi connectivity index (χ4v) is 6.56. The van der Waals surface area contributed by atoms with Crippen LogP contribution < -0.4 is 0 Å². The van der Waals surface area contributed by atoms with Crippen LogP contribution in [0.1, 0.15) is 58.8 Å². The first kappa shape index (κ1) is 14.0. The van der Waals surface area contributed by atoms with E-state index in [2.05, 4.69) is 13.8 Å². The topological polar surface area (TPSA) is 37.3 Å². The van der Waals surface area contributed by atoms with E-state index in [1.165, 1.54) is 24.8 Å². The highest BCUT2D eigenvalue weighted by Gasteiger charge is 2.57. The number of fused-ring (bicyclic) bond motifs is 5. The fourth-order valence-electron chi connectivity index (χ4n) is 6.56. The van der Waals surface area contributed by atoms with Crippen LogP contribution in [0.15, 0.2) is 11.6 Å². The van der Waals surface area contributed by atoms with Crippen molar-refractivity contribution >= 4 is 5.78 Å². The highest BCUT2D eigenvalue weighted by molar-refractivity contribution is 5.91. The summed E-state index contributed by atoms with van der Waals surface area (Å²) in [5, 5.41) is 10.5. The van der Waals surface area contributed by atoms with Crippen LogP contribution in [-0.2, 0) is 4.79 Å². The molecule has 21 heavy (non-hydrogen) atoms. The molecule has 0 radical (unpaired) electrons. The zero-order valence-electron chi connectivity index (χ0n) is 13.3. The van der Waals surface area contributed by atoms with Crippen LogP contribution in [0.3, 0.4) is 0 Å². The molecule has 2 heteroatoms. The van der Waals surface area contributed by atoms with Gasteiger partial charge in [0.1, 0.15) is 0 Å². The van der Waals surface area contributed by atoms with E-state index in [0.717, 1.165) is 37.5 Å². The van der Waals surface area contributed by atoms with Crippen molar-refractivity contribution in [2.45, 2.75) is 64.9 Å². The number of ketones is 1. The molecule has 3 saturated carbocycles. The summed E-state index contributed by atoms with van der Waals surface area (Å²) in [5.41, 5.74) is 1.63. The normalized spacial score (nSPS) is 52.7. The Hall–Kier alpha value is -0.630. The molecule has 0 heterocycles. The highest BCUT2D eigenvalue weighted by Crippen LogP contribution is 2.62. The summed E-state index contributed by atoms with van der Waals surface area (Å²) in [4.78, 5) is 11.8. The van der Waals surface area contributed by atoms with Gasteiger partial charge >= 0.3 is 0 Å². The molecule has 4 rings (SSSR count). The van der Waals surface area contributed by atoms with Crippen LogP contribution >= 0.6 is 0 Å². The highest BCUT2D eigenvalue weighted by atomic mass is 16.3. The lowest BCUT2D eigenvalue weighted by atomic mass is 9.49. The van der Waals surface area contributed by atoms with Gasteiger partial charge in [-0.1, -0.05) is 19.4 Å². The predicted molar refractivity (Wildman–Crippen MR) is 82.6 cm³/mol. The summed E-state index contributed by atoms with van der Waals surface area (Å²) < 4.78 is 0. The molecule has 3 fully saturated rings. The van der Waals surface area contributed by atoms with Gasteiger partial charge in [0, 0.05) is 6.42 Å². The minimum absolute atomic E-state index is 0.0828. The van der Waals surface area contributed by atoms with Crippen molar-refractivity contribution in [1.29, 1.82) is 0 Å². The first-order valence-corrected chi connectivity index (χ1v) is 8.92. The number of allylic oxidation sites excluding steroid dienone is 1. The molecule has 1 N–H and O–H groups in total. The van der Waals surface area contributed by atoms with E-state index in [1.807, 2.05) is 6.08 Å². The smallest absolute Gasteiger partial charge is 0.155 e. The molecular formula is C19H28O2. The Kier molecular flexibility index (Phi) is 3.12. The third kappa shape index (κ3) is 1.91. The van der Waals surface area contributed by atoms with Gasteiger partial charge in [-0.2, -0.15) is 0 Å². The van der Waals surface area contributed by atoms with Crippen molar-refractivity contribution in [3.63, 3.8) is 0 Å². The molecule has 7 atom stereocenters. The lowest BCUT2D eigenvalue weighted by Crippen LogP contribution is -2.50. The number of hydrogen-bond acceptors (Lipinski definition) is 2. The summed E-state index contributed by atoms with van der Waals surface area (Å²) in [6, 6.07) is 0. The minimum Gasteiger partial charge on any atom is -0.393 e. The second-order valence-corrected chi connectivity index (χ2v) is 8.50. The maximum atomic E-state index is 11.8. The van der Waals surface area contributed by atoms with E-state index in [9.17, 15) is 9.90 Å². The van der Waals surface area contributed by atoms with Gasteiger partial charge in [0.05, 0.1) is 6.10 Å². The number of aliphatic hydroxyl groups excluding tert-OH is 1. The predicted octanol–water partition coefficient (Wildman–Crippen LogP) is 3.74. The van der Waals surface area contributed by atoms with Crippen LogP contribution in [0, 0.1) is 35.0 Å². The molecule has 0 aromatic rings. The Labute approximate surface area is 128 Å². The van der Waals surface area contributed by atoms with E-state index in [-0.39, 0.29) is 11.5 Å². The second kappa shape index (κ2) is 4.68. The zero-order valence-corrected chi connectivity index (χ0v) is 13.3. The molecule has 2 nitrogen and oxygen atoms in total. The van der Waals surface area contributed by atoms with Crippen molar-refractivity contribution in [1.82, 2.24) is 0 Å². The van der Waals surface area contributed by atoms with Gasteiger partial charge in [-0.3, -0.25) is 4.79 Å². The molecular weight excluding hydrogens is 260 g/mol. The van der Waals surface area contributed by atoms with Gasteiger partial charge in [0.25, 0.3) is 0 Å². The van der Waals surface area contributed by atoms with Crippen LogP contribution in [0.2, 0.25) is 0 Å².